The summed E-state index contributed by atoms with van der Waals surface area (Å²) < 4.78 is 6.48. The van der Waals surface area contributed by atoms with E-state index in [-0.39, 0.29) is 37.1 Å². The number of rotatable bonds is 6. The zero-order valence-corrected chi connectivity index (χ0v) is 14.1. The SMILES string of the molecule is COc1ccccc1N1CC(C(=O)Nc2ccn(CC(=O)O)n2)CC1=O. The second-order valence-corrected chi connectivity index (χ2v) is 5.86. The van der Waals surface area contributed by atoms with Crippen LogP contribution in [-0.2, 0) is 20.9 Å². The second-order valence-electron chi connectivity index (χ2n) is 5.86. The molecule has 2 N–H and O–H groups in total. The molecule has 1 aromatic heterocycles. The Balaban J connectivity index is 1.67. The van der Waals surface area contributed by atoms with E-state index in [4.69, 9.17) is 9.84 Å². The van der Waals surface area contributed by atoms with Crippen LogP contribution in [0.2, 0.25) is 0 Å². The highest BCUT2D eigenvalue weighted by molar-refractivity contribution is 6.03. The van der Waals surface area contributed by atoms with Gasteiger partial charge >= 0.3 is 5.97 Å². The lowest BCUT2D eigenvalue weighted by Gasteiger charge is -2.19. The first-order valence-corrected chi connectivity index (χ1v) is 7.97. The zero-order valence-electron chi connectivity index (χ0n) is 14.1. The lowest BCUT2D eigenvalue weighted by Crippen LogP contribution is -2.28. The van der Waals surface area contributed by atoms with Crippen LogP contribution >= 0.6 is 0 Å². The molecular formula is C17H18N4O5. The summed E-state index contributed by atoms with van der Waals surface area (Å²) >= 11 is 0. The Labute approximate surface area is 149 Å². The molecule has 2 aromatic rings. The van der Waals surface area contributed by atoms with E-state index in [0.29, 0.717) is 11.4 Å². The van der Waals surface area contributed by atoms with Crippen molar-refractivity contribution in [2.45, 2.75) is 13.0 Å². The van der Waals surface area contributed by atoms with Gasteiger partial charge in [-0.1, -0.05) is 12.1 Å². The number of anilines is 2. The molecule has 1 aliphatic rings. The molecule has 0 spiro atoms. The molecule has 136 valence electrons. The number of benzene rings is 1. The predicted octanol–water partition coefficient (Wildman–Crippen LogP) is 0.968. The maximum atomic E-state index is 12.4. The predicted molar refractivity (Wildman–Crippen MR) is 91.9 cm³/mol. The third-order valence-corrected chi connectivity index (χ3v) is 4.06. The van der Waals surface area contributed by atoms with Gasteiger partial charge in [0.1, 0.15) is 12.3 Å². The van der Waals surface area contributed by atoms with Crippen molar-refractivity contribution >= 4 is 29.3 Å². The normalized spacial score (nSPS) is 16.6. The summed E-state index contributed by atoms with van der Waals surface area (Å²) in [6.45, 7) is -0.0553. The molecule has 1 atom stereocenters. The van der Waals surface area contributed by atoms with Crippen molar-refractivity contribution in [3.63, 3.8) is 0 Å². The lowest BCUT2D eigenvalue weighted by molar-refractivity contribution is -0.137. The minimum atomic E-state index is -1.03. The summed E-state index contributed by atoms with van der Waals surface area (Å²) in [6, 6.07) is 8.64. The third-order valence-electron chi connectivity index (χ3n) is 4.06. The van der Waals surface area contributed by atoms with Crippen LogP contribution in [0.5, 0.6) is 5.75 Å². The highest BCUT2D eigenvalue weighted by Gasteiger charge is 2.36. The van der Waals surface area contributed by atoms with Crippen LogP contribution in [0.1, 0.15) is 6.42 Å². The minimum Gasteiger partial charge on any atom is -0.495 e. The second kappa shape index (κ2) is 7.26. The average molecular weight is 358 g/mol. The zero-order chi connectivity index (χ0) is 18.7. The molecule has 0 radical (unpaired) electrons. The number of aliphatic carboxylic acids is 1. The van der Waals surface area contributed by atoms with Crippen LogP contribution in [0.3, 0.4) is 0 Å². The van der Waals surface area contributed by atoms with Gasteiger partial charge in [-0.25, -0.2) is 0 Å². The van der Waals surface area contributed by atoms with Crippen LogP contribution in [0.15, 0.2) is 36.5 Å². The van der Waals surface area contributed by atoms with Gasteiger partial charge in [0.2, 0.25) is 11.8 Å². The largest absolute Gasteiger partial charge is 0.495 e. The van der Waals surface area contributed by atoms with Gasteiger partial charge in [0.05, 0.1) is 18.7 Å². The number of carboxylic acid groups (broad SMARTS) is 1. The molecule has 1 aliphatic heterocycles. The summed E-state index contributed by atoms with van der Waals surface area (Å²) in [6.07, 6.45) is 1.55. The fraction of sp³-hybridized carbons (Fsp3) is 0.294. The van der Waals surface area contributed by atoms with Gasteiger partial charge in [-0.2, -0.15) is 5.10 Å². The number of aromatic nitrogens is 2. The fourth-order valence-electron chi connectivity index (χ4n) is 2.85. The van der Waals surface area contributed by atoms with E-state index in [2.05, 4.69) is 10.4 Å². The van der Waals surface area contributed by atoms with Gasteiger partial charge in [0.25, 0.3) is 0 Å². The van der Waals surface area contributed by atoms with Gasteiger partial charge in [-0.15, -0.1) is 0 Å². The van der Waals surface area contributed by atoms with Crippen molar-refractivity contribution in [1.29, 1.82) is 0 Å². The van der Waals surface area contributed by atoms with Gasteiger partial charge in [-0.3, -0.25) is 19.1 Å². The molecule has 1 saturated heterocycles. The van der Waals surface area contributed by atoms with E-state index >= 15 is 0 Å². The molecular weight excluding hydrogens is 340 g/mol. The Bertz CT molecular complexity index is 847. The number of carbonyl (C=O) groups excluding carboxylic acids is 2. The molecule has 2 amide bonds. The molecule has 1 aromatic carbocycles. The summed E-state index contributed by atoms with van der Waals surface area (Å²) in [5.41, 5.74) is 0.626. The van der Waals surface area contributed by atoms with Gasteiger partial charge in [0, 0.05) is 25.2 Å². The topological polar surface area (TPSA) is 114 Å². The van der Waals surface area contributed by atoms with Crippen LogP contribution < -0.4 is 15.0 Å². The number of hydrogen-bond acceptors (Lipinski definition) is 5. The van der Waals surface area contributed by atoms with E-state index in [0.717, 1.165) is 0 Å². The number of methoxy groups -OCH3 is 1. The van der Waals surface area contributed by atoms with Gasteiger partial charge in [-0.05, 0) is 12.1 Å². The smallest absolute Gasteiger partial charge is 0.325 e. The highest BCUT2D eigenvalue weighted by atomic mass is 16.5. The molecule has 9 nitrogen and oxygen atoms in total. The van der Waals surface area contributed by atoms with Crippen LogP contribution in [0.25, 0.3) is 0 Å². The first-order chi connectivity index (χ1) is 12.5. The third kappa shape index (κ3) is 3.66. The Morgan fingerprint density at radius 1 is 1.35 bits per heavy atom. The molecule has 0 bridgehead atoms. The monoisotopic (exact) mass is 358 g/mol. The maximum absolute atomic E-state index is 12.4. The summed E-state index contributed by atoms with van der Waals surface area (Å²) in [7, 11) is 1.52. The van der Waals surface area contributed by atoms with Gasteiger partial charge in [0.15, 0.2) is 5.82 Å². The number of amides is 2. The average Bonchev–Trinajstić information content (AvgIpc) is 3.20. The highest BCUT2D eigenvalue weighted by Crippen LogP contribution is 2.33. The quantitative estimate of drug-likeness (QED) is 0.795. The number of hydrogen-bond donors (Lipinski definition) is 2. The molecule has 0 aliphatic carbocycles. The van der Waals surface area contributed by atoms with Gasteiger partial charge < -0.3 is 20.1 Å². The van der Waals surface area contributed by atoms with Crippen molar-refractivity contribution < 1.29 is 24.2 Å². The van der Waals surface area contributed by atoms with Crippen molar-refractivity contribution in [3.05, 3.63) is 36.5 Å². The van der Waals surface area contributed by atoms with Crippen LogP contribution in [0, 0.1) is 5.92 Å². The summed E-state index contributed by atoms with van der Waals surface area (Å²) in [5, 5.41) is 15.3. The lowest BCUT2D eigenvalue weighted by atomic mass is 10.1. The fourth-order valence-corrected chi connectivity index (χ4v) is 2.85. The summed E-state index contributed by atoms with van der Waals surface area (Å²) in [5.74, 6) is -1.24. The Morgan fingerprint density at radius 2 is 2.12 bits per heavy atom. The number of nitrogens with one attached hydrogen (secondary N) is 1. The van der Waals surface area contributed by atoms with Crippen LogP contribution in [0.4, 0.5) is 11.5 Å². The molecule has 1 fully saturated rings. The molecule has 1 unspecified atom stereocenters. The molecule has 0 saturated carbocycles. The Kier molecular flexibility index (Phi) is 4.87. The number of ether oxygens (including phenoxy) is 1. The number of carbonyl (C=O) groups is 3. The van der Waals surface area contributed by atoms with Crippen molar-refractivity contribution in [1.82, 2.24) is 9.78 Å². The van der Waals surface area contributed by atoms with E-state index in [1.807, 2.05) is 0 Å². The molecule has 2 heterocycles. The first kappa shape index (κ1) is 17.5. The summed E-state index contributed by atoms with van der Waals surface area (Å²) in [4.78, 5) is 37.0. The molecule has 3 rings (SSSR count). The number of para-hydroxylation sites is 2. The first-order valence-electron chi connectivity index (χ1n) is 7.97. The standard InChI is InChI=1S/C17H18N4O5/c1-26-13-5-3-2-4-12(13)21-9-11(8-15(21)22)17(25)18-14-6-7-20(19-14)10-16(23)24/h2-7,11H,8-10H2,1H3,(H,23,24)(H,18,19,25). The van der Waals surface area contributed by atoms with Crippen molar-refractivity contribution in [2.24, 2.45) is 5.92 Å². The van der Waals surface area contributed by atoms with E-state index in [1.165, 1.54) is 29.0 Å². The molecule has 26 heavy (non-hydrogen) atoms. The van der Waals surface area contributed by atoms with Crippen molar-refractivity contribution in [3.8, 4) is 5.75 Å². The molecule has 9 heteroatoms. The van der Waals surface area contributed by atoms with E-state index < -0.39 is 11.9 Å². The number of nitrogens with zero attached hydrogens (tertiary/aromatic N) is 3. The van der Waals surface area contributed by atoms with E-state index in [1.54, 1.807) is 24.3 Å². The Hall–Kier alpha value is -3.36. The van der Waals surface area contributed by atoms with Crippen LogP contribution in [-0.4, -0.2) is 46.3 Å². The Morgan fingerprint density at radius 3 is 2.85 bits per heavy atom. The van der Waals surface area contributed by atoms with Crippen molar-refractivity contribution in [2.75, 3.05) is 23.9 Å². The minimum absolute atomic E-state index is 0.0831. The maximum Gasteiger partial charge on any atom is 0.325 e. The van der Waals surface area contributed by atoms with E-state index in [9.17, 15) is 14.4 Å². The number of carboxylic acids is 1.